The molecule has 1 atom stereocenters. The quantitative estimate of drug-likeness (QED) is 0.140. The van der Waals surface area contributed by atoms with Gasteiger partial charge in [-0.25, -0.2) is 9.97 Å². The summed E-state index contributed by atoms with van der Waals surface area (Å²) < 4.78 is 0. The van der Waals surface area contributed by atoms with Crippen molar-refractivity contribution in [2.24, 2.45) is 0 Å². The average molecular weight is 605 g/mol. The van der Waals surface area contributed by atoms with Crippen molar-refractivity contribution in [2.75, 3.05) is 6.54 Å². The van der Waals surface area contributed by atoms with Gasteiger partial charge in [0, 0.05) is 42.2 Å². The minimum atomic E-state index is -0.964. The maximum Gasteiger partial charge on any atom is 0.305 e. The van der Waals surface area contributed by atoms with Gasteiger partial charge in [0.25, 0.3) is 0 Å². The van der Waals surface area contributed by atoms with Crippen LogP contribution in [0.2, 0.25) is 0 Å². The van der Waals surface area contributed by atoms with Gasteiger partial charge in [-0.1, -0.05) is 113 Å². The molecule has 234 valence electrons. The minimum absolute atomic E-state index is 0.0269. The number of rotatable bonds is 14. The van der Waals surface area contributed by atoms with Crippen LogP contribution in [-0.4, -0.2) is 39.5 Å². The Balaban J connectivity index is 1.44. The molecule has 1 amide bonds. The highest BCUT2D eigenvalue weighted by Crippen LogP contribution is 2.25. The SMILES string of the molecule is C=C(N[C@@H](Cc1ccc(-c2ncc(-c3ccc(CCCC)cc3)cn2)cc1)C(=O)NCCC(=O)O)c1ccc(C(C)(C)C)cc1. The van der Waals surface area contributed by atoms with Crippen LogP contribution in [0.15, 0.2) is 91.8 Å². The van der Waals surface area contributed by atoms with Crippen LogP contribution in [0.25, 0.3) is 28.2 Å². The predicted molar refractivity (Wildman–Crippen MR) is 182 cm³/mol. The van der Waals surface area contributed by atoms with Crippen LogP contribution in [0.1, 0.15) is 69.2 Å². The second-order valence-electron chi connectivity index (χ2n) is 12.4. The summed E-state index contributed by atoms with van der Waals surface area (Å²) in [4.78, 5) is 33.4. The summed E-state index contributed by atoms with van der Waals surface area (Å²) in [6.45, 7) is 12.9. The number of nitrogens with zero attached hydrogens (tertiary/aromatic N) is 2. The van der Waals surface area contributed by atoms with E-state index in [4.69, 9.17) is 5.11 Å². The minimum Gasteiger partial charge on any atom is -0.481 e. The molecule has 4 rings (SSSR count). The van der Waals surface area contributed by atoms with Crippen LogP contribution < -0.4 is 10.6 Å². The predicted octanol–water partition coefficient (Wildman–Crippen LogP) is 7.21. The number of amides is 1. The van der Waals surface area contributed by atoms with Gasteiger partial charge in [0.15, 0.2) is 5.82 Å². The summed E-state index contributed by atoms with van der Waals surface area (Å²) in [5, 5.41) is 15.0. The molecule has 0 bridgehead atoms. The molecule has 0 aliphatic carbocycles. The first-order valence-electron chi connectivity index (χ1n) is 15.6. The Bertz CT molecular complexity index is 1570. The topological polar surface area (TPSA) is 104 Å². The molecule has 0 spiro atoms. The van der Waals surface area contributed by atoms with E-state index >= 15 is 0 Å². The number of aliphatic carboxylic acids is 1. The first-order chi connectivity index (χ1) is 21.5. The summed E-state index contributed by atoms with van der Waals surface area (Å²) >= 11 is 0. The van der Waals surface area contributed by atoms with Gasteiger partial charge < -0.3 is 15.7 Å². The van der Waals surface area contributed by atoms with Gasteiger partial charge in [-0.3, -0.25) is 9.59 Å². The molecule has 3 aromatic carbocycles. The van der Waals surface area contributed by atoms with Crippen molar-refractivity contribution in [1.82, 2.24) is 20.6 Å². The van der Waals surface area contributed by atoms with Gasteiger partial charge in [-0.05, 0) is 46.1 Å². The Morgan fingerprint density at radius 3 is 2.02 bits per heavy atom. The molecule has 1 heterocycles. The van der Waals surface area contributed by atoms with E-state index < -0.39 is 12.0 Å². The van der Waals surface area contributed by atoms with Crippen LogP contribution in [0, 0.1) is 0 Å². The fraction of sp³-hybridized carbons (Fsp3) is 0.316. The van der Waals surface area contributed by atoms with Crippen molar-refractivity contribution in [3.8, 4) is 22.5 Å². The lowest BCUT2D eigenvalue weighted by Crippen LogP contribution is -2.45. The van der Waals surface area contributed by atoms with E-state index in [9.17, 15) is 9.59 Å². The van der Waals surface area contributed by atoms with E-state index in [1.165, 1.54) is 24.0 Å². The fourth-order valence-corrected chi connectivity index (χ4v) is 4.99. The summed E-state index contributed by atoms with van der Waals surface area (Å²) in [6, 6.07) is 23.9. The first-order valence-corrected chi connectivity index (χ1v) is 15.6. The monoisotopic (exact) mass is 604 g/mol. The second-order valence-corrected chi connectivity index (χ2v) is 12.4. The Kier molecular flexibility index (Phi) is 11.3. The molecule has 0 radical (unpaired) electrons. The lowest BCUT2D eigenvalue weighted by atomic mass is 9.86. The molecular weight excluding hydrogens is 560 g/mol. The Morgan fingerprint density at radius 1 is 0.844 bits per heavy atom. The number of aromatic nitrogens is 2. The highest BCUT2D eigenvalue weighted by Gasteiger charge is 2.21. The molecular formula is C38H44N4O3. The van der Waals surface area contributed by atoms with Gasteiger partial charge >= 0.3 is 5.97 Å². The van der Waals surface area contributed by atoms with E-state index in [1.54, 1.807) is 0 Å². The normalized spacial score (nSPS) is 11.9. The number of benzene rings is 3. The molecule has 7 heteroatoms. The Hall–Kier alpha value is -4.78. The van der Waals surface area contributed by atoms with Crippen molar-refractivity contribution >= 4 is 17.6 Å². The number of hydrogen-bond donors (Lipinski definition) is 3. The van der Waals surface area contributed by atoms with E-state index in [0.717, 1.165) is 34.2 Å². The number of unbranched alkanes of at least 4 members (excludes halogenated alkanes) is 1. The number of hydrogen-bond acceptors (Lipinski definition) is 5. The third kappa shape index (κ3) is 9.60. The number of carboxylic acid groups (broad SMARTS) is 1. The smallest absolute Gasteiger partial charge is 0.305 e. The van der Waals surface area contributed by atoms with Crippen molar-refractivity contribution in [1.29, 1.82) is 0 Å². The van der Waals surface area contributed by atoms with E-state index in [1.807, 2.05) is 48.8 Å². The van der Waals surface area contributed by atoms with Crippen molar-refractivity contribution in [3.63, 3.8) is 0 Å². The summed E-state index contributed by atoms with van der Waals surface area (Å²) in [5.74, 6) is -0.627. The summed E-state index contributed by atoms with van der Waals surface area (Å²) in [6.07, 6.45) is 7.39. The lowest BCUT2D eigenvalue weighted by molar-refractivity contribution is -0.137. The number of carbonyl (C=O) groups excluding carboxylic acids is 1. The number of aryl methyl sites for hydroxylation is 1. The van der Waals surface area contributed by atoms with Gasteiger partial charge in [0.05, 0.1) is 6.42 Å². The molecule has 0 saturated heterocycles. The van der Waals surface area contributed by atoms with Crippen molar-refractivity contribution in [2.45, 2.75) is 71.3 Å². The van der Waals surface area contributed by atoms with Crippen molar-refractivity contribution in [3.05, 3.63) is 114 Å². The fourth-order valence-electron chi connectivity index (χ4n) is 4.99. The van der Waals surface area contributed by atoms with E-state index in [-0.39, 0.29) is 24.3 Å². The zero-order valence-electron chi connectivity index (χ0n) is 26.8. The number of carbonyl (C=O) groups is 2. The van der Waals surface area contributed by atoms with Crippen LogP contribution in [0.5, 0.6) is 0 Å². The molecule has 0 aliphatic rings. The highest BCUT2D eigenvalue weighted by molar-refractivity contribution is 5.84. The first kappa shape index (κ1) is 33.1. The van der Waals surface area contributed by atoms with Gasteiger partial charge in [0.2, 0.25) is 5.91 Å². The third-order valence-electron chi connectivity index (χ3n) is 7.81. The van der Waals surface area contributed by atoms with Gasteiger partial charge in [0.1, 0.15) is 6.04 Å². The zero-order valence-corrected chi connectivity index (χ0v) is 26.8. The maximum absolute atomic E-state index is 13.2. The molecule has 0 saturated carbocycles. The molecule has 0 unspecified atom stereocenters. The van der Waals surface area contributed by atoms with Crippen LogP contribution in [0.4, 0.5) is 0 Å². The number of nitrogens with one attached hydrogen (secondary N) is 2. The molecule has 0 aliphatic heterocycles. The standard InChI is InChI=1S/C38H44N4O3/c1-6-7-8-27-9-13-30(14-10-27)32-24-40-36(41-25-32)31-15-11-28(12-16-31)23-34(37(45)39-22-21-35(43)44)42-26(2)29-17-19-33(20-18-29)38(3,4)5/h9-20,24-25,34,42H,2,6-8,21-23H2,1,3-5H3,(H,39,45)(H,43,44)/t34-/m0/s1. The van der Waals surface area contributed by atoms with Crippen LogP contribution >= 0.6 is 0 Å². The van der Waals surface area contributed by atoms with Crippen molar-refractivity contribution < 1.29 is 14.7 Å². The highest BCUT2D eigenvalue weighted by atomic mass is 16.4. The molecule has 7 nitrogen and oxygen atoms in total. The van der Waals surface area contributed by atoms with Gasteiger partial charge in [-0.2, -0.15) is 0 Å². The van der Waals surface area contributed by atoms with Gasteiger partial charge in [-0.15, -0.1) is 0 Å². The lowest BCUT2D eigenvalue weighted by Gasteiger charge is -2.22. The molecule has 0 fully saturated rings. The average Bonchev–Trinajstić information content (AvgIpc) is 3.03. The second kappa shape index (κ2) is 15.3. The molecule has 45 heavy (non-hydrogen) atoms. The third-order valence-corrected chi connectivity index (χ3v) is 7.81. The van der Waals surface area contributed by atoms with Crippen LogP contribution in [0.3, 0.4) is 0 Å². The zero-order chi connectivity index (χ0) is 32.4. The molecule has 1 aromatic heterocycles. The number of carboxylic acids is 1. The summed E-state index contributed by atoms with van der Waals surface area (Å²) in [7, 11) is 0. The van der Waals surface area contributed by atoms with E-state index in [0.29, 0.717) is 17.9 Å². The largest absolute Gasteiger partial charge is 0.481 e. The van der Waals surface area contributed by atoms with E-state index in [2.05, 4.69) is 91.3 Å². The van der Waals surface area contributed by atoms with Crippen LogP contribution in [-0.2, 0) is 27.8 Å². The maximum atomic E-state index is 13.2. The summed E-state index contributed by atoms with van der Waals surface area (Å²) in [5.41, 5.74) is 7.94. The molecule has 3 N–H and O–H groups in total. The molecule has 4 aromatic rings. The Labute approximate surface area is 266 Å². The Morgan fingerprint density at radius 2 is 1.44 bits per heavy atom.